The van der Waals surface area contributed by atoms with Crippen LogP contribution in [0.25, 0.3) is 0 Å². The van der Waals surface area contributed by atoms with Gasteiger partial charge in [0.15, 0.2) is 11.9 Å². The maximum atomic E-state index is 14.1. The summed E-state index contributed by atoms with van der Waals surface area (Å²) in [6.45, 7) is 7.66. The van der Waals surface area contributed by atoms with Crippen LogP contribution in [0.15, 0.2) is 23.0 Å². The van der Waals surface area contributed by atoms with Crippen LogP contribution >= 0.6 is 0 Å². The summed E-state index contributed by atoms with van der Waals surface area (Å²) >= 11 is 0. The highest BCUT2D eigenvalue weighted by Crippen LogP contribution is 2.80. The number of cyclic esters (lactones) is 2. The molecule has 35 heavy (non-hydrogen) atoms. The second-order valence-electron chi connectivity index (χ2n) is 12.3. The third-order valence-corrected chi connectivity index (χ3v) is 10.7. The Labute approximate surface area is 202 Å². The van der Waals surface area contributed by atoms with Crippen molar-refractivity contribution in [3.63, 3.8) is 0 Å². The van der Waals surface area contributed by atoms with E-state index in [2.05, 4.69) is 0 Å². The highest BCUT2D eigenvalue weighted by molar-refractivity contribution is 5.92. The Kier molecular flexibility index (Phi) is 3.88. The smallest absolute Gasteiger partial charge is 0.339 e. The highest BCUT2D eigenvalue weighted by atomic mass is 16.7. The number of Topliss-reactive ketones (excluding diaryl/α,β-unsaturated/α-hetero) is 1. The van der Waals surface area contributed by atoms with Gasteiger partial charge in [0.25, 0.3) is 0 Å². The molecule has 0 amide bonds. The van der Waals surface area contributed by atoms with Crippen LogP contribution in [-0.2, 0) is 33.3 Å². The molecule has 2 saturated carbocycles. The van der Waals surface area contributed by atoms with Gasteiger partial charge in [0.05, 0.1) is 36.6 Å². The number of aliphatic hydroxyl groups excluding tert-OH is 1. The predicted molar refractivity (Wildman–Crippen MR) is 116 cm³/mol. The number of fused-ring (bicyclic) bond motifs is 1. The first kappa shape index (κ1) is 22.0. The molecule has 1 aromatic heterocycles. The molecule has 10 atom stereocenters. The van der Waals surface area contributed by atoms with Crippen LogP contribution in [0, 0.1) is 28.1 Å². The Morgan fingerprint density at radius 2 is 1.83 bits per heavy atom. The minimum Gasteiger partial charge on any atom is -0.472 e. The maximum Gasteiger partial charge on any atom is 0.339 e. The summed E-state index contributed by atoms with van der Waals surface area (Å²) < 4.78 is 29.6. The van der Waals surface area contributed by atoms with Gasteiger partial charge in [0.1, 0.15) is 24.4 Å². The molecule has 1 aromatic rings. The highest BCUT2D eigenvalue weighted by Gasteiger charge is 2.90. The first-order valence-corrected chi connectivity index (χ1v) is 12.4. The SMILES string of the molecule is CC1(C)O[C@H]2CC(=O)OC[C@@]23[C@@H]1C(=O)[C@@H](O)[C@]1(C)[C@@H]3CC[C@@]2(C)[C@H](c3ccoc3)OC(=O)[C@H]3O[C@@]312. The Bertz CT molecular complexity index is 1160. The van der Waals surface area contributed by atoms with Gasteiger partial charge >= 0.3 is 11.9 Å². The van der Waals surface area contributed by atoms with Crippen molar-refractivity contribution in [2.75, 3.05) is 6.61 Å². The average Bonchev–Trinajstić information content (AvgIpc) is 3.26. The van der Waals surface area contributed by atoms with E-state index < -0.39 is 63.8 Å². The van der Waals surface area contributed by atoms with E-state index in [1.165, 1.54) is 6.26 Å². The van der Waals surface area contributed by atoms with E-state index in [0.29, 0.717) is 12.8 Å². The summed E-state index contributed by atoms with van der Waals surface area (Å²) in [6.07, 6.45) is 1.02. The zero-order valence-electron chi connectivity index (χ0n) is 20.2. The van der Waals surface area contributed by atoms with E-state index in [4.69, 9.17) is 23.4 Å². The third-order valence-electron chi connectivity index (χ3n) is 10.7. The van der Waals surface area contributed by atoms with Crippen LogP contribution in [0.3, 0.4) is 0 Å². The first-order valence-electron chi connectivity index (χ1n) is 12.4. The number of esters is 2. The largest absolute Gasteiger partial charge is 0.472 e. The second-order valence-corrected chi connectivity index (χ2v) is 12.3. The van der Waals surface area contributed by atoms with E-state index in [1.54, 1.807) is 12.3 Å². The molecule has 9 heteroatoms. The Balaban J connectivity index is 1.43. The summed E-state index contributed by atoms with van der Waals surface area (Å²) in [6, 6.07) is 1.77. The van der Waals surface area contributed by atoms with Gasteiger partial charge in [-0.05, 0) is 38.7 Å². The Morgan fingerprint density at radius 3 is 2.54 bits per heavy atom. The summed E-state index contributed by atoms with van der Waals surface area (Å²) in [4.78, 5) is 39.6. The van der Waals surface area contributed by atoms with Crippen LogP contribution in [0.4, 0.5) is 0 Å². The van der Waals surface area contributed by atoms with Gasteiger partial charge < -0.3 is 28.5 Å². The molecule has 0 radical (unpaired) electrons. The first-order chi connectivity index (χ1) is 16.4. The number of aliphatic hydroxyl groups is 1. The number of hydrogen-bond acceptors (Lipinski definition) is 9. The third kappa shape index (κ3) is 2.14. The fourth-order valence-electron chi connectivity index (χ4n) is 9.52. The van der Waals surface area contributed by atoms with Crippen molar-refractivity contribution in [2.45, 2.75) is 82.6 Å². The number of ether oxygens (including phenoxy) is 4. The molecule has 7 rings (SSSR count). The van der Waals surface area contributed by atoms with E-state index in [-0.39, 0.29) is 30.7 Å². The van der Waals surface area contributed by atoms with Crippen molar-refractivity contribution >= 4 is 17.7 Å². The lowest BCUT2D eigenvalue weighted by atomic mass is 9.36. The summed E-state index contributed by atoms with van der Waals surface area (Å²) in [7, 11) is 0. The number of ketones is 1. The van der Waals surface area contributed by atoms with Crippen molar-refractivity contribution in [3.8, 4) is 0 Å². The number of furan rings is 1. The van der Waals surface area contributed by atoms with Crippen molar-refractivity contribution in [2.24, 2.45) is 28.1 Å². The Hall–Kier alpha value is -2.23. The minimum atomic E-state index is -1.37. The normalized spacial score (nSPS) is 53.3. The van der Waals surface area contributed by atoms with E-state index >= 15 is 0 Å². The quantitative estimate of drug-likeness (QED) is 0.469. The fraction of sp³-hybridized carbons (Fsp3) is 0.731. The molecule has 188 valence electrons. The predicted octanol–water partition coefficient (Wildman–Crippen LogP) is 2.11. The van der Waals surface area contributed by atoms with Crippen LogP contribution in [0.5, 0.6) is 0 Å². The molecular formula is C26H30O9. The van der Waals surface area contributed by atoms with E-state index in [9.17, 15) is 19.5 Å². The molecule has 2 spiro atoms. The molecule has 0 unspecified atom stereocenters. The number of epoxide rings is 1. The topological polar surface area (TPSA) is 125 Å². The molecule has 4 saturated heterocycles. The fourth-order valence-corrected chi connectivity index (χ4v) is 9.52. The molecule has 0 bridgehead atoms. The standard InChI is InChI=1S/C26H30O9/c1-22(2)17-16(28)18(29)24(4)13(25(17)11-32-15(27)9-14(25)34-22)5-7-23(3)19(12-6-8-31-10-12)33-21(30)20-26(23,24)35-20/h6,8,10,13-14,17-20,29H,5,7,9,11H2,1-4H3/t13-,14-,17+,18+,19-,20+,23-,24-,25-,26+/m0/s1. The van der Waals surface area contributed by atoms with Gasteiger partial charge in [-0.25, -0.2) is 4.79 Å². The maximum absolute atomic E-state index is 14.1. The van der Waals surface area contributed by atoms with Crippen molar-refractivity contribution in [1.82, 2.24) is 0 Å². The zero-order chi connectivity index (χ0) is 24.8. The van der Waals surface area contributed by atoms with Gasteiger partial charge in [0, 0.05) is 21.8 Å². The number of carbonyl (C=O) groups excluding carboxylic acids is 3. The molecular weight excluding hydrogens is 456 g/mol. The molecule has 5 heterocycles. The molecule has 0 aromatic carbocycles. The molecule has 1 N–H and O–H groups in total. The van der Waals surface area contributed by atoms with Crippen LogP contribution in [-0.4, -0.2) is 58.9 Å². The van der Waals surface area contributed by atoms with Gasteiger partial charge in [-0.2, -0.15) is 0 Å². The number of hydrogen-bond donors (Lipinski definition) is 1. The number of rotatable bonds is 1. The van der Waals surface area contributed by atoms with E-state index in [0.717, 1.165) is 5.56 Å². The van der Waals surface area contributed by atoms with Crippen LogP contribution in [0.2, 0.25) is 0 Å². The molecule has 6 fully saturated rings. The van der Waals surface area contributed by atoms with Crippen molar-refractivity contribution < 1.29 is 42.9 Å². The molecule has 2 aliphatic carbocycles. The summed E-state index contributed by atoms with van der Waals surface area (Å²) in [5.41, 5.74) is -3.90. The molecule has 9 nitrogen and oxygen atoms in total. The lowest BCUT2D eigenvalue weighted by Crippen LogP contribution is -2.76. The van der Waals surface area contributed by atoms with Gasteiger partial charge in [-0.15, -0.1) is 0 Å². The minimum absolute atomic E-state index is 0.0520. The summed E-state index contributed by atoms with van der Waals surface area (Å²) in [5, 5.41) is 11.8. The van der Waals surface area contributed by atoms with Gasteiger partial charge in [-0.3, -0.25) is 9.59 Å². The van der Waals surface area contributed by atoms with E-state index in [1.807, 2.05) is 27.7 Å². The van der Waals surface area contributed by atoms with Gasteiger partial charge in [0.2, 0.25) is 0 Å². The van der Waals surface area contributed by atoms with Gasteiger partial charge in [-0.1, -0.05) is 13.8 Å². The van der Waals surface area contributed by atoms with Crippen molar-refractivity contribution in [3.05, 3.63) is 24.2 Å². The van der Waals surface area contributed by atoms with Crippen LogP contribution < -0.4 is 0 Å². The molecule has 4 aliphatic heterocycles. The second kappa shape index (κ2) is 6.18. The number of carbonyl (C=O) groups is 3. The molecule has 6 aliphatic rings. The average molecular weight is 487 g/mol. The lowest BCUT2D eigenvalue weighted by Gasteiger charge is -2.66. The van der Waals surface area contributed by atoms with Crippen molar-refractivity contribution in [1.29, 1.82) is 0 Å². The lowest BCUT2D eigenvalue weighted by molar-refractivity contribution is -0.252. The monoisotopic (exact) mass is 486 g/mol. The summed E-state index contributed by atoms with van der Waals surface area (Å²) in [5.74, 6) is -2.09. The van der Waals surface area contributed by atoms with Crippen LogP contribution in [0.1, 0.15) is 58.6 Å². The Morgan fingerprint density at radius 1 is 1.06 bits per heavy atom. The zero-order valence-corrected chi connectivity index (χ0v) is 20.2.